The van der Waals surface area contributed by atoms with Crippen molar-refractivity contribution in [2.45, 2.75) is 32.6 Å². The van der Waals surface area contributed by atoms with Gasteiger partial charge in [-0.1, -0.05) is 18.6 Å². The van der Waals surface area contributed by atoms with Gasteiger partial charge in [-0.15, -0.1) is 0 Å². The Morgan fingerprint density at radius 3 is 2.08 bits per heavy atom. The highest BCUT2D eigenvalue weighted by molar-refractivity contribution is 5.14. The molecule has 0 amide bonds. The van der Waals surface area contributed by atoms with Crippen molar-refractivity contribution in [2.24, 2.45) is 23.7 Å². The minimum atomic E-state index is 1.01. The standard InChI is InChI=1S/C10H14.C2H3N/c1-2-9-7-4-5-8(6-7)10(9)3-1;1-2-3/h4-5,7-10H,1-3,6H2;1H3. The van der Waals surface area contributed by atoms with E-state index in [-0.39, 0.29) is 0 Å². The second-order valence-electron chi connectivity index (χ2n) is 4.43. The van der Waals surface area contributed by atoms with Crippen LogP contribution in [0.1, 0.15) is 32.6 Å². The molecule has 3 aliphatic rings. The molecule has 0 aliphatic heterocycles. The maximum absolute atomic E-state index is 7.32. The Morgan fingerprint density at radius 1 is 1.15 bits per heavy atom. The molecule has 0 N–H and O–H groups in total. The molecule has 13 heavy (non-hydrogen) atoms. The third kappa shape index (κ3) is 1.39. The summed E-state index contributed by atoms with van der Waals surface area (Å²) in [6, 6.07) is 1.75. The molecule has 3 aliphatic carbocycles. The van der Waals surface area contributed by atoms with Gasteiger partial charge in [-0.25, -0.2) is 0 Å². The van der Waals surface area contributed by atoms with Crippen LogP contribution < -0.4 is 0 Å². The summed E-state index contributed by atoms with van der Waals surface area (Å²) < 4.78 is 0. The summed E-state index contributed by atoms with van der Waals surface area (Å²) in [6.45, 7) is 1.43. The van der Waals surface area contributed by atoms with Crippen LogP contribution in [0.2, 0.25) is 0 Å². The van der Waals surface area contributed by atoms with Crippen molar-refractivity contribution in [2.75, 3.05) is 0 Å². The first-order chi connectivity index (χ1) is 6.36. The van der Waals surface area contributed by atoms with E-state index in [1.807, 2.05) is 0 Å². The molecule has 0 heterocycles. The highest BCUT2D eigenvalue weighted by Crippen LogP contribution is 2.55. The lowest BCUT2D eigenvalue weighted by atomic mass is 9.86. The van der Waals surface area contributed by atoms with Crippen LogP contribution in [0.5, 0.6) is 0 Å². The van der Waals surface area contributed by atoms with Crippen molar-refractivity contribution in [3.63, 3.8) is 0 Å². The molecule has 3 rings (SSSR count). The van der Waals surface area contributed by atoms with Gasteiger partial charge in [0.2, 0.25) is 0 Å². The van der Waals surface area contributed by atoms with Crippen LogP contribution in [-0.4, -0.2) is 0 Å². The Labute approximate surface area is 80.4 Å². The van der Waals surface area contributed by atoms with E-state index in [9.17, 15) is 0 Å². The molecule has 0 radical (unpaired) electrons. The predicted octanol–water partition coefficient (Wildman–Crippen LogP) is 3.14. The number of hydrogen-bond donors (Lipinski definition) is 0. The largest absolute Gasteiger partial charge is 0.199 e. The lowest BCUT2D eigenvalue weighted by Gasteiger charge is -2.19. The molecule has 2 fully saturated rings. The van der Waals surface area contributed by atoms with E-state index in [1.54, 1.807) is 6.07 Å². The molecule has 1 heteroatoms. The summed E-state index contributed by atoms with van der Waals surface area (Å²) in [7, 11) is 0. The van der Waals surface area contributed by atoms with Crippen LogP contribution in [0.15, 0.2) is 12.2 Å². The first-order valence-corrected chi connectivity index (χ1v) is 5.36. The van der Waals surface area contributed by atoms with E-state index in [0.29, 0.717) is 0 Å². The lowest BCUT2D eigenvalue weighted by Crippen LogP contribution is -2.12. The predicted molar refractivity (Wildman–Crippen MR) is 52.9 cm³/mol. The van der Waals surface area contributed by atoms with E-state index in [2.05, 4.69) is 12.2 Å². The van der Waals surface area contributed by atoms with Crippen molar-refractivity contribution in [3.05, 3.63) is 12.2 Å². The summed E-state index contributed by atoms with van der Waals surface area (Å²) in [4.78, 5) is 0. The Bertz CT molecular complexity index is 230. The van der Waals surface area contributed by atoms with E-state index < -0.39 is 0 Å². The SMILES string of the molecule is C1=CC2CC1C1CCCC21.CC#N. The van der Waals surface area contributed by atoms with Crippen LogP contribution in [0.25, 0.3) is 0 Å². The Kier molecular flexibility index (Phi) is 2.40. The Morgan fingerprint density at radius 2 is 1.62 bits per heavy atom. The highest BCUT2D eigenvalue weighted by Gasteiger charge is 2.46. The number of rotatable bonds is 0. The number of allylic oxidation sites excluding steroid dienone is 2. The highest BCUT2D eigenvalue weighted by atomic mass is 14.5. The van der Waals surface area contributed by atoms with Crippen molar-refractivity contribution >= 4 is 0 Å². The van der Waals surface area contributed by atoms with Crippen molar-refractivity contribution in [1.82, 2.24) is 0 Å². The van der Waals surface area contributed by atoms with Crippen LogP contribution in [0, 0.1) is 35.0 Å². The number of hydrogen-bond acceptors (Lipinski definition) is 1. The van der Waals surface area contributed by atoms with Gasteiger partial charge in [-0.2, -0.15) is 5.26 Å². The summed E-state index contributed by atoms with van der Waals surface area (Å²) >= 11 is 0. The van der Waals surface area contributed by atoms with E-state index >= 15 is 0 Å². The van der Waals surface area contributed by atoms with Gasteiger partial charge in [-0.3, -0.25) is 0 Å². The summed E-state index contributed by atoms with van der Waals surface area (Å²) in [6.07, 6.45) is 11.1. The number of fused-ring (bicyclic) bond motifs is 5. The van der Waals surface area contributed by atoms with Crippen LogP contribution in [-0.2, 0) is 0 Å². The smallest absolute Gasteiger partial charge is 0.0587 e. The molecule has 0 aromatic heterocycles. The van der Waals surface area contributed by atoms with Crippen LogP contribution in [0.3, 0.4) is 0 Å². The molecule has 4 unspecified atom stereocenters. The zero-order valence-electron chi connectivity index (χ0n) is 8.24. The van der Waals surface area contributed by atoms with E-state index in [1.165, 1.54) is 32.6 Å². The molecule has 1 nitrogen and oxygen atoms in total. The number of nitrogens with zero attached hydrogens (tertiary/aromatic N) is 1. The second-order valence-corrected chi connectivity index (χ2v) is 4.43. The van der Waals surface area contributed by atoms with Crippen LogP contribution in [0.4, 0.5) is 0 Å². The van der Waals surface area contributed by atoms with Gasteiger partial charge in [0.25, 0.3) is 0 Å². The third-order valence-corrected chi connectivity index (χ3v) is 3.87. The molecule has 70 valence electrons. The van der Waals surface area contributed by atoms with Crippen molar-refractivity contribution < 1.29 is 0 Å². The molecule has 0 aromatic rings. The second kappa shape index (κ2) is 3.54. The molecular formula is C12H17N. The van der Waals surface area contributed by atoms with Crippen LogP contribution >= 0.6 is 0 Å². The molecule has 0 saturated heterocycles. The van der Waals surface area contributed by atoms with Gasteiger partial charge in [0.1, 0.15) is 0 Å². The molecule has 2 saturated carbocycles. The molecule has 2 bridgehead atoms. The quantitative estimate of drug-likeness (QED) is 0.519. The van der Waals surface area contributed by atoms with Gasteiger partial charge < -0.3 is 0 Å². The van der Waals surface area contributed by atoms with E-state index in [0.717, 1.165) is 23.7 Å². The lowest BCUT2D eigenvalue weighted by molar-refractivity contribution is 0.364. The molecule has 4 atom stereocenters. The first-order valence-electron chi connectivity index (χ1n) is 5.36. The van der Waals surface area contributed by atoms with Crippen molar-refractivity contribution in [1.29, 1.82) is 5.26 Å². The summed E-state index contributed by atoms with van der Waals surface area (Å²) in [5, 5.41) is 7.32. The molecule has 0 aromatic carbocycles. The number of nitriles is 1. The third-order valence-electron chi connectivity index (χ3n) is 3.87. The van der Waals surface area contributed by atoms with Gasteiger partial charge in [0.05, 0.1) is 6.07 Å². The fraction of sp³-hybridized carbons (Fsp3) is 0.750. The zero-order chi connectivity index (χ0) is 9.26. The minimum Gasteiger partial charge on any atom is -0.199 e. The minimum absolute atomic E-state index is 1.01. The van der Waals surface area contributed by atoms with Gasteiger partial charge >= 0.3 is 0 Å². The zero-order valence-corrected chi connectivity index (χ0v) is 8.24. The average molecular weight is 175 g/mol. The average Bonchev–Trinajstić information content (AvgIpc) is 2.79. The maximum atomic E-state index is 7.32. The fourth-order valence-electron chi connectivity index (χ4n) is 3.47. The fourth-order valence-corrected chi connectivity index (χ4v) is 3.47. The molecular weight excluding hydrogens is 158 g/mol. The van der Waals surface area contributed by atoms with Crippen molar-refractivity contribution in [3.8, 4) is 6.07 Å². The topological polar surface area (TPSA) is 23.8 Å². The first kappa shape index (κ1) is 8.81. The van der Waals surface area contributed by atoms with Gasteiger partial charge in [-0.05, 0) is 42.9 Å². The monoisotopic (exact) mass is 175 g/mol. The Hall–Kier alpha value is -0.770. The van der Waals surface area contributed by atoms with E-state index in [4.69, 9.17) is 5.26 Å². The maximum Gasteiger partial charge on any atom is 0.0587 e. The van der Waals surface area contributed by atoms with Gasteiger partial charge in [0, 0.05) is 6.92 Å². The normalized spacial score (nSPS) is 43.7. The van der Waals surface area contributed by atoms with Gasteiger partial charge in [0.15, 0.2) is 0 Å². The molecule has 0 spiro atoms. The Balaban J connectivity index is 0.000000196. The summed E-state index contributed by atoms with van der Waals surface area (Å²) in [5.74, 6) is 4.26. The summed E-state index contributed by atoms with van der Waals surface area (Å²) in [5.41, 5.74) is 0.